The zero-order chi connectivity index (χ0) is 10.4. The van der Waals surface area contributed by atoms with Crippen molar-refractivity contribution in [3.8, 4) is 0 Å². The lowest BCUT2D eigenvalue weighted by Gasteiger charge is -2.45. The van der Waals surface area contributed by atoms with E-state index >= 15 is 0 Å². The van der Waals surface area contributed by atoms with Crippen LogP contribution in [-0.2, 0) is 0 Å². The molecule has 0 bridgehead atoms. The Morgan fingerprint density at radius 1 is 0.769 bits per heavy atom. The standard InChI is InChI=1S/C6H13NO6/c7-6(13)4(11)2(9)1(8)3(10)5(6)12/h1-5,8-13H,7H2/t1-,2-,3+,4-,5-,6+/m1/s1. The van der Waals surface area contributed by atoms with Crippen LogP contribution in [0.3, 0.4) is 0 Å². The van der Waals surface area contributed by atoms with Crippen molar-refractivity contribution in [3.05, 3.63) is 0 Å². The normalized spacial score (nSPS) is 57.9. The van der Waals surface area contributed by atoms with Crippen molar-refractivity contribution in [1.29, 1.82) is 0 Å². The van der Waals surface area contributed by atoms with Crippen LogP contribution in [0.4, 0.5) is 0 Å². The summed E-state index contributed by atoms with van der Waals surface area (Å²) in [6.07, 6.45) is -9.17. The first-order valence-electron chi connectivity index (χ1n) is 3.71. The van der Waals surface area contributed by atoms with Gasteiger partial charge in [-0.3, -0.25) is 5.73 Å². The molecule has 0 amide bonds. The number of aliphatic hydroxyl groups excluding tert-OH is 5. The second-order valence-corrected chi connectivity index (χ2v) is 3.25. The van der Waals surface area contributed by atoms with Crippen molar-refractivity contribution in [1.82, 2.24) is 0 Å². The minimum Gasteiger partial charge on any atom is -0.387 e. The van der Waals surface area contributed by atoms with Crippen molar-refractivity contribution in [2.75, 3.05) is 0 Å². The van der Waals surface area contributed by atoms with Gasteiger partial charge in [-0.1, -0.05) is 0 Å². The molecule has 0 spiro atoms. The van der Waals surface area contributed by atoms with Gasteiger partial charge < -0.3 is 30.6 Å². The van der Waals surface area contributed by atoms with Crippen LogP contribution in [0.1, 0.15) is 0 Å². The van der Waals surface area contributed by atoms with Crippen LogP contribution >= 0.6 is 0 Å². The molecule has 0 heterocycles. The van der Waals surface area contributed by atoms with Crippen LogP contribution in [-0.4, -0.2) is 66.9 Å². The summed E-state index contributed by atoms with van der Waals surface area (Å²) in [5.41, 5.74) is 2.50. The van der Waals surface area contributed by atoms with Gasteiger partial charge in [-0.2, -0.15) is 0 Å². The summed E-state index contributed by atoms with van der Waals surface area (Å²) in [5.74, 6) is 0. The molecule has 0 unspecified atom stereocenters. The van der Waals surface area contributed by atoms with Crippen LogP contribution in [0.2, 0.25) is 0 Å². The largest absolute Gasteiger partial charge is 0.387 e. The van der Waals surface area contributed by atoms with E-state index < -0.39 is 36.2 Å². The first-order chi connectivity index (χ1) is 5.80. The zero-order valence-corrected chi connectivity index (χ0v) is 6.65. The van der Waals surface area contributed by atoms with E-state index in [1.165, 1.54) is 0 Å². The topological polar surface area (TPSA) is 147 Å². The summed E-state index contributed by atoms with van der Waals surface area (Å²) in [4.78, 5) is 0. The number of nitrogens with two attached hydrogens (primary N) is 1. The molecule has 1 aliphatic rings. The fourth-order valence-electron chi connectivity index (χ4n) is 1.30. The molecule has 1 saturated carbocycles. The molecule has 0 aromatic carbocycles. The molecule has 0 aromatic heterocycles. The summed E-state index contributed by atoms with van der Waals surface area (Å²) in [6, 6.07) is 0. The first kappa shape index (κ1) is 10.8. The molecule has 6 atom stereocenters. The second kappa shape index (κ2) is 3.14. The Balaban J connectivity index is 2.93. The third-order valence-corrected chi connectivity index (χ3v) is 2.29. The minimum absolute atomic E-state index is 1.74. The molecule has 1 aliphatic carbocycles. The van der Waals surface area contributed by atoms with Gasteiger partial charge in [0.05, 0.1) is 0 Å². The van der Waals surface area contributed by atoms with Gasteiger partial charge in [-0.15, -0.1) is 0 Å². The van der Waals surface area contributed by atoms with Crippen molar-refractivity contribution < 1.29 is 30.6 Å². The van der Waals surface area contributed by atoms with Crippen LogP contribution in [0.15, 0.2) is 0 Å². The third kappa shape index (κ3) is 1.44. The fraction of sp³-hybridized carbons (Fsp3) is 1.00. The number of hydrogen-bond acceptors (Lipinski definition) is 7. The molecular weight excluding hydrogens is 182 g/mol. The molecule has 7 heteroatoms. The maximum absolute atomic E-state index is 9.22. The Bertz CT molecular complexity index is 180. The molecule has 78 valence electrons. The van der Waals surface area contributed by atoms with Gasteiger partial charge in [0.25, 0.3) is 0 Å². The highest BCUT2D eigenvalue weighted by Gasteiger charge is 2.55. The summed E-state index contributed by atoms with van der Waals surface area (Å²) in [6.45, 7) is 0. The van der Waals surface area contributed by atoms with E-state index in [1.54, 1.807) is 0 Å². The smallest absolute Gasteiger partial charge is 0.171 e. The van der Waals surface area contributed by atoms with Crippen molar-refractivity contribution in [2.24, 2.45) is 5.73 Å². The van der Waals surface area contributed by atoms with E-state index in [0.29, 0.717) is 0 Å². The molecule has 0 aliphatic heterocycles. The van der Waals surface area contributed by atoms with E-state index in [2.05, 4.69) is 0 Å². The van der Waals surface area contributed by atoms with E-state index in [-0.39, 0.29) is 0 Å². The van der Waals surface area contributed by atoms with Crippen molar-refractivity contribution in [3.63, 3.8) is 0 Å². The molecule has 1 fully saturated rings. The average molecular weight is 195 g/mol. The molecule has 0 radical (unpaired) electrons. The highest BCUT2D eigenvalue weighted by molar-refractivity contribution is 5.05. The Morgan fingerprint density at radius 3 is 1.38 bits per heavy atom. The monoisotopic (exact) mass is 195 g/mol. The molecule has 8 N–H and O–H groups in total. The van der Waals surface area contributed by atoms with E-state index in [9.17, 15) is 5.11 Å². The molecule has 1 rings (SSSR count). The predicted molar refractivity (Wildman–Crippen MR) is 39.2 cm³/mol. The van der Waals surface area contributed by atoms with Gasteiger partial charge in [0.1, 0.15) is 30.5 Å². The lowest BCUT2D eigenvalue weighted by molar-refractivity contribution is -0.265. The maximum atomic E-state index is 9.22. The van der Waals surface area contributed by atoms with Crippen molar-refractivity contribution in [2.45, 2.75) is 36.2 Å². The summed E-state index contributed by atoms with van der Waals surface area (Å²) in [7, 11) is 0. The second-order valence-electron chi connectivity index (χ2n) is 3.25. The third-order valence-electron chi connectivity index (χ3n) is 2.29. The van der Waals surface area contributed by atoms with Gasteiger partial charge in [0.2, 0.25) is 0 Å². The number of hydrogen-bond donors (Lipinski definition) is 7. The fourth-order valence-corrected chi connectivity index (χ4v) is 1.30. The summed E-state index contributed by atoms with van der Waals surface area (Å²) < 4.78 is 0. The van der Waals surface area contributed by atoms with E-state index in [4.69, 9.17) is 31.3 Å². The summed E-state index contributed by atoms with van der Waals surface area (Å²) >= 11 is 0. The lowest BCUT2D eigenvalue weighted by atomic mass is 9.81. The van der Waals surface area contributed by atoms with Gasteiger partial charge in [0, 0.05) is 0 Å². The average Bonchev–Trinajstić information content (AvgIpc) is 2.09. The maximum Gasteiger partial charge on any atom is 0.171 e. The predicted octanol–water partition coefficient (Wildman–Crippen LogP) is -4.55. The lowest BCUT2D eigenvalue weighted by Crippen LogP contribution is -2.74. The molecular formula is C6H13NO6. The number of aliphatic hydroxyl groups is 6. The first-order valence-corrected chi connectivity index (χ1v) is 3.71. The zero-order valence-electron chi connectivity index (χ0n) is 6.65. The van der Waals surface area contributed by atoms with Gasteiger partial charge in [0.15, 0.2) is 5.72 Å². The molecule has 13 heavy (non-hydrogen) atoms. The molecule has 0 aromatic rings. The van der Waals surface area contributed by atoms with Gasteiger partial charge >= 0.3 is 0 Å². The van der Waals surface area contributed by atoms with Crippen LogP contribution in [0.5, 0.6) is 0 Å². The van der Waals surface area contributed by atoms with E-state index in [0.717, 1.165) is 0 Å². The minimum atomic E-state index is -2.53. The Hall–Kier alpha value is -0.280. The number of rotatable bonds is 0. The summed E-state index contributed by atoms with van der Waals surface area (Å²) in [5, 5.41) is 54.6. The van der Waals surface area contributed by atoms with Crippen LogP contribution in [0, 0.1) is 0 Å². The van der Waals surface area contributed by atoms with Crippen LogP contribution in [0.25, 0.3) is 0 Å². The van der Waals surface area contributed by atoms with Gasteiger partial charge in [-0.05, 0) is 0 Å². The Morgan fingerprint density at radius 2 is 1.08 bits per heavy atom. The quantitative estimate of drug-likeness (QED) is 0.192. The molecule has 0 saturated heterocycles. The van der Waals surface area contributed by atoms with Gasteiger partial charge in [-0.25, -0.2) is 0 Å². The highest BCUT2D eigenvalue weighted by atomic mass is 16.4. The molecule has 7 nitrogen and oxygen atoms in total. The SMILES string of the molecule is N[C@]1(O)[C@H](O)[C@H](O)[C@@H](O)[C@H](O)[C@H]1O. The van der Waals surface area contributed by atoms with Crippen LogP contribution < -0.4 is 5.73 Å². The van der Waals surface area contributed by atoms with E-state index in [1.807, 2.05) is 0 Å². The Kier molecular flexibility index (Phi) is 2.61. The highest BCUT2D eigenvalue weighted by Crippen LogP contribution is 2.26. The van der Waals surface area contributed by atoms with Crippen molar-refractivity contribution >= 4 is 0 Å². The Labute approximate surface area is 73.7 Å².